The van der Waals surface area contributed by atoms with Crippen molar-refractivity contribution in [3.8, 4) is 0 Å². The molecule has 2 N–H and O–H groups in total. The fourth-order valence-corrected chi connectivity index (χ4v) is 2.99. The van der Waals surface area contributed by atoms with Gasteiger partial charge in [-0.05, 0) is 31.0 Å². The number of anilines is 1. The van der Waals surface area contributed by atoms with Crippen molar-refractivity contribution in [3.05, 3.63) is 24.4 Å². The summed E-state index contributed by atoms with van der Waals surface area (Å²) in [6, 6.07) is 5.69. The van der Waals surface area contributed by atoms with Gasteiger partial charge in [-0.15, -0.1) is 0 Å². The second-order valence-electron chi connectivity index (χ2n) is 6.42. The summed E-state index contributed by atoms with van der Waals surface area (Å²) in [4.78, 5) is 26.3. The molecule has 0 unspecified atom stereocenters. The molecule has 1 aliphatic heterocycles. The SMILES string of the molecule is CC(C)C(=O)N1CCC(C(=O)Nc2ccc3[nH]ncc3c2)CC1. The summed E-state index contributed by atoms with van der Waals surface area (Å²) in [5.41, 5.74) is 1.73. The van der Waals surface area contributed by atoms with Gasteiger partial charge in [-0.25, -0.2) is 0 Å². The predicted molar refractivity (Wildman–Crippen MR) is 88.9 cm³/mol. The van der Waals surface area contributed by atoms with Crippen LogP contribution in [0.25, 0.3) is 10.9 Å². The van der Waals surface area contributed by atoms with Gasteiger partial charge >= 0.3 is 0 Å². The number of fused-ring (bicyclic) bond motifs is 1. The molecule has 6 heteroatoms. The fourth-order valence-electron chi connectivity index (χ4n) is 2.99. The van der Waals surface area contributed by atoms with Gasteiger partial charge in [0.2, 0.25) is 11.8 Å². The summed E-state index contributed by atoms with van der Waals surface area (Å²) in [7, 11) is 0. The Morgan fingerprint density at radius 2 is 2.04 bits per heavy atom. The Kier molecular flexibility index (Phi) is 4.32. The molecule has 0 saturated carbocycles. The van der Waals surface area contributed by atoms with Crippen molar-refractivity contribution < 1.29 is 9.59 Å². The van der Waals surface area contributed by atoms with Crippen LogP contribution < -0.4 is 5.32 Å². The van der Waals surface area contributed by atoms with Crippen molar-refractivity contribution in [3.63, 3.8) is 0 Å². The second-order valence-corrected chi connectivity index (χ2v) is 6.42. The summed E-state index contributed by atoms with van der Waals surface area (Å²) < 4.78 is 0. The number of hydrogen-bond acceptors (Lipinski definition) is 3. The van der Waals surface area contributed by atoms with Crippen LogP contribution in [0.1, 0.15) is 26.7 Å². The molecular weight excluding hydrogens is 292 g/mol. The number of likely N-dealkylation sites (tertiary alicyclic amines) is 1. The minimum atomic E-state index is -0.0359. The maximum atomic E-state index is 12.4. The summed E-state index contributed by atoms with van der Waals surface area (Å²) in [6.07, 6.45) is 3.18. The van der Waals surface area contributed by atoms with Gasteiger partial charge in [-0.3, -0.25) is 14.7 Å². The van der Waals surface area contributed by atoms with Crippen LogP contribution in [0.15, 0.2) is 24.4 Å². The maximum absolute atomic E-state index is 12.4. The lowest BCUT2D eigenvalue weighted by molar-refractivity contribution is -0.137. The van der Waals surface area contributed by atoms with Crippen LogP contribution in [0, 0.1) is 11.8 Å². The van der Waals surface area contributed by atoms with E-state index in [4.69, 9.17) is 0 Å². The Morgan fingerprint density at radius 1 is 1.30 bits per heavy atom. The van der Waals surface area contributed by atoms with Crippen LogP contribution in [0.4, 0.5) is 5.69 Å². The molecule has 1 aliphatic rings. The highest BCUT2D eigenvalue weighted by Crippen LogP contribution is 2.22. The van der Waals surface area contributed by atoms with Crippen molar-refractivity contribution in [2.24, 2.45) is 11.8 Å². The van der Waals surface area contributed by atoms with Gasteiger partial charge in [0.1, 0.15) is 0 Å². The van der Waals surface area contributed by atoms with Crippen molar-refractivity contribution in [2.45, 2.75) is 26.7 Å². The summed E-state index contributed by atoms with van der Waals surface area (Å²) in [5.74, 6) is 0.187. The third kappa shape index (κ3) is 3.36. The number of hydrogen-bond donors (Lipinski definition) is 2. The first-order valence-electron chi connectivity index (χ1n) is 8.07. The van der Waals surface area contributed by atoms with Gasteiger partial charge in [-0.1, -0.05) is 13.8 Å². The summed E-state index contributed by atoms with van der Waals surface area (Å²) >= 11 is 0. The number of amides is 2. The zero-order valence-corrected chi connectivity index (χ0v) is 13.5. The number of carbonyl (C=O) groups excluding carboxylic acids is 2. The van der Waals surface area contributed by atoms with Crippen LogP contribution in [0.3, 0.4) is 0 Å². The Labute approximate surface area is 135 Å². The number of nitrogens with zero attached hydrogens (tertiary/aromatic N) is 2. The molecule has 3 rings (SSSR count). The normalized spacial score (nSPS) is 16.0. The Bertz CT molecular complexity index is 714. The van der Waals surface area contributed by atoms with E-state index < -0.39 is 0 Å². The molecule has 23 heavy (non-hydrogen) atoms. The van der Waals surface area contributed by atoms with Gasteiger partial charge in [0.15, 0.2) is 0 Å². The molecule has 0 bridgehead atoms. The van der Waals surface area contributed by atoms with Gasteiger partial charge in [-0.2, -0.15) is 5.10 Å². The van der Waals surface area contributed by atoms with E-state index >= 15 is 0 Å². The zero-order chi connectivity index (χ0) is 16.4. The van der Waals surface area contributed by atoms with Crippen molar-refractivity contribution in [1.82, 2.24) is 15.1 Å². The molecule has 1 aromatic carbocycles. The number of carbonyl (C=O) groups is 2. The first kappa shape index (κ1) is 15.5. The van der Waals surface area contributed by atoms with Gasteiger partial charge < -0.3 is 10.2 Å². The van der Waals surface area contributed by atoms with E-state index in [1.807, 2.05) is 36.9 Å². The predicted octanol–water partition coefficient (Wildman–Crippen LogP) is 2.40. The lowest BCUT2D eigenvalue weighted by atomic mass is 9.95. The third-order valence-corrected chi connectivity index (χ3v) is 4.38. The molecule has 2 aromatic rings. The van der Waals surface area contributed by atoms with Crippen molar-refractivity contribution in [1.29, 1.82) is 0 Å². The molecule has 0 radical (unpaired) electrons. The van der Waals surface area contributed by atoms with Gasteiger partial charge in [0, 0.05) is 36.0 Å². The molecular formula is C17H22N4O2. The highest BCUT2D eigenvalue weighted by molar-refractivity contribution is 5.95. The van der Waals surface area contributed by atoms with Crippen molar-refractivity contribution >= 4 is 28.4 Å². The van der Waals surface area contributed by atoms with Crippen LogP contribution in [-0.4, -0.2) is 40.0 Å². The Morgan fingerprint density at radius 3 is 2.74 bits per heavy atom. The fraction of sp³-hybridized carbons (Fsp3) is 0.471. The number of H-pyrrole nitrogens is 1. The molecule has 0 spiro atoms. The molecule has 1 aromatic heterocycles. The molecule has 122 valence electrons. The lowest BCUT2D eigenvalue weighted by Gasteiger charge is -2.32. The van der Waals surface area contributed by atoms with Gasteiger partial charge in [0.05, 0.1) is 11.7 Å². The number of benzene rings is 1. The van der Waals surface area contributed by atoms with E-state index in [1.54, 1.807) is 6.20 Å². The van der Waals surface area contributed by atoms with Crippen LogP contribution in [0.2, 0.25) is 0 Å². The van der Waals surface area contributed by atoms with E-state index in [2.05, 4.69) is 15.5 Å². The van der Waals surface area contributed by atoms with Crippen LogP contribution in [0.5, 0.6) is 0 Å². The number of aromatic nitrogens is 2. The number of nitrogens with one attached hydrogen (secondary N) is 2. The highest BCUT2D eigenvalue weighted by atomic mass is 16.2. The largest absolute Gasteiger partial charge is 0.342 e. The summed E-state index contributed by atoms with van der Waals surface area (Å²) in [6.45, 7) is 5.14. The Balaban J connectivity index is 1.58. The monoisotopic (exact) mass is 314 g/mol. The molecule has 0 aliphatic carbocycles. The van der Waals surface area contributed by atoms with Crippen LogP contribution in [-0.2, 0) is 9.59 Å². The minimum Gasteiger partial charge on any atom is -0.342 e. The van der Waals surface area contributed by atoms with Crippen molar-refractivity contribution in [2.75, 3.05) is 18.4 Å². The van der Waals surface area contributed by atoms with Gasteiger partial charge in [0.25, 0.3) is 0 Å². The van der Waals surface area contributed by atoms with Crippen LogP contribution >= 0.6 is 0 Å². The molecule has 1 fully saturated rings. The van der Waals surface area contributed by atoms with E-state index in [0.29, 0.717) is 13.1 Å². The minimum absolute atomic E-state index is 0.0158. The highest BCUT2D eigenvalue weighted by Gasteiger charge is 2.28. The first-order valence-corrected chi connectivity index (χ1v) is 8.07. The second kappa shape index (κ2) is 6.40. The summed E-state index contributed by atoms with van der Waals surface area (Å²) in [5, 5.41) is 10.8. The van der Waals surface area contributed by atoms with E-state index in [1.165, 1.54) is 0 Å². The first-order chi connectivity index (χ1) is 11.0. The Hall–Kier alpha value is -2.37. The zero-order valence-electron chi connectivity index (χ0n) is 13.5. The van der Waals surface area contributed by atoms with E-state index in [9.17, 15) is 9.59 Å². The molecule has 2 heterocycles. The average molecular weight is 314 g/mol. The third-order valence-electron chi connectivity index (χ3n) is 4.38. The number of aromatic amines is 1. The van der Waals surface area contributed by atoms with E-state index in [-0.39, 0.29) is 23.7 Å². The number of piperidine rings is 1. The smallest absolute Gasteiger partial charge is 0.227 e. The molecule has 1 saturated heterocycles. The molecule has 2 amide bonds. The molecule has 6 nitrogen and oxygen atoms in total. The lowest BCUT2D eigenvalue weighted by Crippen LogP contribution is -2.43. The quantitative estimate of drug-likeness (QED) is 0.913. The topological polar surface area (TPSA) is 78.1 Å². The average Bonchev–Trinajstić information content (AvgIpc) is 3.01. The maximum Gasteiger partial charge on any atom is 0.227 e. The standard InChI is InChI=1S/C17H22N4O2/c1-11(2)17(23)21-7-5-12(6-8-21)16(22)19-14-3-4-15-13(9-14)10-18-20-15/h3-4,9-12H,5-8H2,1-2H3,(H,18,20)(H,19,22). The number of rotatable bonds is 3. The molecule has 0 atom stereocenters. The van der Waals surface area contributed by atoms with E-state index in [0.717, 1.165) is 29.4 Å².